The minimum atomic E-state index is -0.859. The Morgan fingerprint density at radius 2 is 2.04 bits per heavy atom. The standard InChI is InChI=1S/C16H23BrClN3O2/c1-15(2,3)21(14(22)23)10-16(5-6-16)9-20(4)11-7-12(17)13(18)19-8-11/h7-8H,5-6,9-10H2,1-4H3,(H,22,23). The average molecular weight is 405 g/mol. The number of aromatic nitrogens is 1. The first-order valence-electron chi connectivity index (χ1n) is 7.57. The number of amides is 1. The summed E-state index contributed by atoms with van der Waals surface area (Å²) in [4.78, 5) is 19.4. The SMILES string of the molecule is CN(CC1(CN(C(=O)O)C(C)(C)C)CC1)c1cnc(Cl)c(Br)c1. The topological polar surface area (TPSA) is 56.7 Å². The number of hydrogen-bond donors (Lipinski definition) is 1. The van der Waals surface area contributed by atoms with Crippen LogP contribution in [0.1, 0.15) is 33.6 Å². The number of pyridine rings is 1. The minimum Gasteiger partial charge on any atom is -0.465 e. The molecule has 2 rings (SSSR count). The zero-order chi connectivity index (χ0) is 17.4. The third-order valence-corrected chi connectivity index (χ3v) is 5.42. The maximum atomic E-state index is 11.6. The van der Waals surface area contributed by atoms with Crippen molar-refractivity contribution >= 4 is 39.3 Å². The van der Waals surface area contributed by atoms with E-state index in [0.29, 0.717) is 11.7 Å². The van der Waals surface area contributed by atoms with Gasteiger partial charge in [-0.05, 0) is 55.6 Å². The Kier molecular flexibility index (Phi) is 5.16. The molecule has 0 spiro atoms. The van der Waals surface area contributed by atoms with Crippen LogP contribution in [0.5, 0.6) is 0 Å². The van der Waals surface area contributed by atoms with E-state index in [1.165, 1.54) is 0 Å². The summed E-state index contributed by atoms with van der Waals surface area (Å²) in [6, 6.07) is 1.93. The van der Waals surface area contributed by atoms with Crippen LogP contribution in [0.4, 0.5) is 10.5 Å². The molecule has 1 fully saturated rings. The Balaban J connectivity index is 2.09. The molecule has 128 valence electrons. The molecule has 1 aliphatic rings. The molecule has 0 unspecified atom stereocenters. The third kappa shape index (κ3) is 4.51. The van der Waals surface area contributed by atoms with E-state index in [1.54, 1.807) is 11.1 Å². The monoisotopic (exact) mass is 403 g/mol. The second kappa shape index (κ2) is 6.48. The van der Waals surface area contributed by atoms with Gasteiger partial charge >= 0.3 is 6.09 Å². The Morgan fingerprint density at radius 1 is 1.43 bits per heavy atom. The van der Waals surface area contributed by atoms with Crippen molar-refractivity contribution in [2.24, 2.45) is 5.41 Å². The van der Waals surface area contributed by atoms with E-state index in [2.05, 4.69) is 25.8 Å². The predicted octanol–water partition coefficient (Wildman–Crippen LogP) is 4.49. The van der Waals surface area contributed by atoms with Crippen LogP contribution in [0.25, 0.3) is 0 Å². The summed E-state index contributed by atoms with van der Waals surface area (Å²) in [7, 11) is 2.00. The van der Waals surface area contributed by atoms with Crippen molar-refractivity contribution in [1.82, 2.24) is 9.88 Å². The van der Waals surface area contributed by atoms with Crippen molar-refractivity contribution in [3.05, 3.63) is 21.9 Å². The molecule has 1 aromatic heterocycles. The molecule has 7 heteroatoms. The van der Waals surface area contributed by atoms with Gasteiger partial charge in [0.15, 0.2) is 0 Å². The van der Waals surface area contributed by atoms with Gasteiger partial charge in [-0.15, -0.1) is 0 Å². The maximum Gasteiger partial charge on any atom is 0.407 e. The largest absolute Gasteiger partial charge is 0.465 e. The van der Waals surface area contributed by atoms with Crippen LogP contribution in [-0.2, 0) is 0 Å². The zero-order valence-electron chi connectivity index (χ0n) is 13.9. The highest BCUT2D eigenvalue weighted by Crippen LogP contribution is 2.48. The van der Waals surface area contributed by atoms with Gasteiger partial charge in [0.2, 0.25) is 0 Å². The van der Waals surface area contributed by atoms with Crippen LogP contribution in [0, 0.1) is 5.41 Å². The van der Waals surface area contributed by atoms with Crippen LogP contribution in [-0.4, -0.2) is 46.8 Å². The summed E-state index contributed by atoms with van der Waals surface area (Å²) in [5.41, 5.74) is 0.586. The highest BCUT2D eigenvalue weighted by molar-refractivity contribution is 9.10. The molecule has 1 aliphatic carbocycles. The molecule has 0 aliphatic heterocycles. The molecule has 0 bridgehead atoms. The molecule has 1 heterocycles. The number of carboxylic acid groups (broad SMARTS) is 1. The average Bonchev–Trinajstić information content (AvgIpc) is 3.17. The van der Waals surface area contributed by atoms with Gasteiger partial charge in [0.25, 0.3) is 0 Å². The molecule has 5 nitrogen and oxygen atoms in total. The van der Waals surface area contributed by atoms with E-state index in [4.69, 9.17) is 11.6 Å². The number of nitrogens with zero attached hydrogens (tertiary/aromatic N) is 3. The predicted molar refractivity (Wildman–Crippen MR) is 96.4 cm³/mol. The summed E-state index contributed by atoms with van der Waals surface area (Å²) >= 11 is 9.32. The summed E-state index contributed by atoms with van der Waals surface area (Å²) < 4.78 is 0.759. The Labute approximate surface area is 150 Å². The highest BCUT2D eigenvalue weighted by Gasteiger charge is 2.47. The Morgan fingerprint density at radius 3 is 2.48 bits per heavy atom. The van der Waals surface area contributed by atoms with Crippen molar-refractivity contribution in [3.63, 3.8) is 0 Å². The van der Waals surface area contributed by atoms with Crippen LogP contribution >= 0.6 is 27.5 Å². The summed E-state index contributed by atoms with van der Waals surface area (Å²) in [5.74, 6) is 0. The smallest absolute Gasteiger partial charge is 0.407 e. The first kappa shape index (κ1) is 18.3. The van der Waals surface area contributed by atoms with E-state index in [-0.39, 0.29) is 5.41 Å². The van der Waals surface area contributed by atoms with Gasteiger partial charge in [-0.2, -0.15) is 0 Å². The maximum absolute atomic E-state index is 11.6. The van der Waals surface area contributed by atoms with E-state index in [1.807, 2.05) is 33.9 Å². The molecule has 0 radical (unpaired) electrons. The molecular weight excluding hydrogens is 382 g/mol. The van der Waals surface area contributed by atoms with Gasteiger partial charge in [0.1, 0.15) is 5.15 Å². The van der Waals surface area contributed by atoms with Gasteiger partial charge in [-0.25, -0.2) is 9.78 Å². The van der Waals surface area contributed by atoms with Crippen molar-refractivity contribution in [3.8, 4) is 0 Å². The van der Waals surface area contributed by atoms with E-state index >= 15 is 0 Å². The Hall–Kier alpha value is -1.01. The first-order chi connectivity index (χ1) is 10.5. The summed E-state index contributed by atoms with van der Waals surface area (Å²) in [5, 5.41) is 9.94. The lowest BCUT2D eigenvalue weighted by molar-refractivity contribution is 0.0859. The number of hydrogen-bond acceptors (Lipinski definition) is 3. The second-order valence-corrected chi connectivity index (χ2v) is 8.57. The molecule has 23 heavy (non-hydrogen) atoms. The molecule has 1 N–H and O–H groups in total. The lowest BCUT2D eigenvalue weighted by atomic mass is 10.0. The summed E-state index contributed by atoms with van der Waals surface area (Å²) in [6.07, 6.45) is 2.96. The van der Waals surface area contributed by atoms with E-state index in [9.17, 15) is 9.90 Å². The summed E-state index contributed by atoms with van der Waals surface area (Å²) in [6.45, 7) is 7.14. The Bertz CT molecular complexity index is 599. The fourth-order valence-corrected chi connectivity index (χ4v) is 3.12. The van der Waals surface area contributed by atoms with E-state index < -0.39 is 11.6 Å². The van der Waals surface area contributed by atoms with Gasteiger partial charge in [-0.1, -0.05) is 11.6 Å². The molecule has 0 saturated heterocycles. The number of carbonyl (C=O) groups is 1. The van der Waals surface area contributed by atoms with Crippen LogP contribution < -0.4 is 4.90 Å². The third-order valence-electron chi connectivity index (χ3n) is 4.29. The normalized spacial score (nSPS) is 16.1. The fraction of sp³-hybridized carbons (Fsp3) is 0.625. The zero-order valence-corrected chi connectivity index (χ0v) is 16.3. The highest BCUT2D eigenvalue weighted by atomic mass is 79.9. The quantitative estimate of drug-likeness (QED) is 0.735. The van der Waals surface area contributed by atoms with Crippen molar-refractivity contribution in [1.29, 1.82) is 0 Å². The van der Waals surface area contributed by atoms with Crippen LogP contribution in [0.15, 0.2) is 16.7 Å². The van der Waals surface area contributed by atoms with Crippen LogP contribution in [0.2, 0.25) is 5.15 Å². The number of halogens is 2. The van der Waals surface area contributed by atoms with E-state index in [0.717, 1.165) is 29.5 Å². The van der Waals surface area contributed by atoms with Crippen molar-refractivity contribution in [2.45, 2.75) is 39.2 Å². The number of rotatable bonds is 5. The van der Waals surface area contributed by atoms with Crippen LogP contribution in [0.3, 0.4) is 0 Å². The molecule has 1 amide bonds. The van der Waals surface area contributed by atoms with Gasteiger partial charge in [0, 0.05) is 31.1 Å². The second-order valence-electron chi connectivity index (χ2n) is 7.36. The molecule has 0 atom stereocenters. The van der Waals surface area contributed by atoms with Gasteiger partial charge < -0.3 is 14.9 Å². The first-order valence-corrected chi connectivity index (χ1v) is 8.74. The fourth-order valence-electron chi connectivity index (χ4n) is 2.68. The van der Waals surface area contributed by atoms with Gasteiger partial charge in [-0.3, -0.25) is 0 Å². The molecular formula is C16H23BrClN3O2. The molecule has 1 saturated carbocycles. The number of anilines is 1. The lowest BCUT2D eigenvalue weighted by Gasteiger charge is -2.37. The molecule has 1 aromatic rings. The van der Waals surface area contributed by atoms with Gasteiger partial charge in [0.05, 0.1) is 16.4 Å². The van der Waals surface area contributed by atoms with Crippen molar-refractivity contribution < 1.29 is 9.90 Å². The van der Waals surface area contributed by atoms with Crippen molar-refractivity contribution in [2.75, 3.05) is 25.0 Å². The molecule has 0 aromatic carbocycles. The minimum absolute atomic E-state index is 0.0204. The lowest BCUT2D eigenvalue weighted by Crippen LogP contribution is -2.49.